The van der Waals surface area contributed by atoms with Gasteiger partial charge in [0.2, 0.25) is 35.4 Å². The topological polar surface area (TPSA) is 139 Å². The van der Waals surface area contributed by atoms with Gasteiger partial charge in [-0.3, -0.25) is 44.7 Å². The SMILES string of the molecule is CCCCCCCCC=CCCCCCCCC(=O)NC(=O)C1CC(C(=O)NC(=O)CCCCCCCC=CCCCCCCCC)CC(C(=O)NC(=O)CCCCCCCC=CCCCCCCCC)C1. The lowest BCUT2D eigenvalue weighted by atomic mass is 9.74. The molecular formula is C63H111N3O6. The summed E-state index contributed by atoms with van der Waals surface area (Å²) in [4.78, 5) is 79.4. The first-order valence-electron chi connectivity index (χ1n) is 30.7. The highest BCUT2D eigenvalue weighted by molar-refractivity contribution is 6.00. The van der Waals surface area contributed by atoms with E-state index in [2.05, 4.69) is 73.2 Å². The third kappa shape index (κ3) is 41.0. The fraction of sp³-hybridized carbons (Fsp3) is 0.810. The molecule has 0 unspecified atom stereocenters. The predicted octanol–water partition coefficient (Wildman–Crippen LogP) is 17.1. The van der Waals surface area contributed by atoms with Crippen LogP contribution in [-0.2, 0) is 28.8 Å². The van der Waals surface area contributed by atoms with Crippen LogP contribution in [0.25, 0.3) is 0 Å². The summed E-state index contributed by atoms with van der Waals surface area (Å²) < 4.78 is 0. The number of hydrogen-bond acceptors (Lipinski definition) is 6. The number of nitrogens with one attached hydrogen (secondary N) is 3. The maximum absolute atomic E-state index is 13.5. The number of carbonyl (C=O) groups excluding carboxylic acids is 6. The molecule has 0 radical (unpaired) electrons. The van der Waals surface area contributed by atoms with Gasteiger partial charge < -0.3 is 0 Å². The smallest absolute Gasteiger partial charge is 0.229 e. The Hall–Kier alpha value is -3.36. The minimum absolute atomic E-state index is 0.131. The summed E-state index contributed by atoms with van der Waals surface area (Å²) in [5.41, 5.74) is 0. The van der Waals surface area contributed by atoms with E-state index >= 15 is 0 Å². The van der Waals surface area contributed by atoms with Crippen LogP contribution in [0.5, 0.6) is 0 Å². The minimum Gasteiger partial charge on any atom is -0.296 e. The van der Waals surface area contributed by atoms with E-state index < -0.39 is 35.5 Å². The van der Waals surface area contributed by atoms with Crippen molar-refractivity contribution in [1.29, 1.82) is 0 Å². The Balaban J connectivity index is 2.55. The zero-order valence-electron chi connectivity index (χ0n) is 47.0. The Morgan fingerprint density at radius 2 is 0.458 bits per heavy atom. The third-order valence-electron chi connectivity index (χ3n) is 14.6. The van der Waals surface area contributed by atoms with Gasteiger partial charge in [0.25, 0.3) is 0 Å². The fourth-order valence-electron chi connectivity index (χ4n) is 9.94. The van der Waals surface area contributed by atoms with Crippen LogP contribution in [0, 0.1) is 17.8 Å². The molecular weight excluding hydrogens is 895 g/mol. The van der Waals surface area contributed by atoms with Crippen molar-refractivity contribution in [2.45, 2.75) is 310 Å². The van der Waals surface area contributed by atoms with Gasteiger partial charge in [0.15, 0.2) is 0 Å². The number of amides is 6. The van der Waals surface area contributed by atoms with Crippen LogP contribution >= 0.6 is 0 Å². The van der Waals surface area contributed by atoms with E-state index in [0.717, 1.165) is 96.3 Å². The Bertz CT molecular complexity index is 1290. The molecule has 1 rings (SSSR count). The standard InChI is InChI=1S/C63H111N3O6/c1-4-7-10-13-16-19-22-25-28-31-34-37-40-43-46-49-58(67)64-61(70)55-52-56(62(71)65-59(68)50-47-44-41-38-35-32-29-26-23-20-17-14-11-8-5-2)54-57(53-55)63(72)66-60(69)51-48-45-42-39-36-33-30-27-24-21-18-15-12-9-6-3/h25-30,55-57H,4-24,31-54H2,1-3H3,(H,64,67,70)(H,65,68,71)(H,66,69,72). The largest absolute Gasteiger partial charge is 0.296 e. The second-order valence-corrected chi connectivity index (χ2v) is 21.5. The van der Waals surface area contributed by atoms with Gasteiger partial charge in [-0.05, 0) is 116 Å². The Labute approximate surface area is 442 Å². The first kappa shape index (κ1) is 66.7. The van der Waals surface area contributed by atoms with Crippen LogP contribution in [0.4, 0.5) is 0 Å². The fourth-order valence-corrected chi connectivity index (χ4v) is 9.94. The van der Waals surface area contributed by atoms with E-state index in [0.29, 0.717) is 19.3 Å². The lowest BCUT2D eigenvalue weighted by Gasteiger charge is -2.32. The van der Waals surface area contributed by atoms with Gasteiger partial charge in [-0.1, -0.05) is 211 Å². The number of unbranched alkanes of at least 4 members (excludes halogenated alkanes) is 33. The molecule has 414 valence electrons. The van der Waals surface area contributed by atoms with Crippen molar-refractivity contribution in [3.8, 4) is 0 Å². The summed E-state index contributed by atoms with van der Waals surface area (Å²) in [7, 11) is 0. The second-order valence-electron chi connectivity index (χ2n) is 21.5. The van der Waals surface area contributed by atoms with E-state index in [9.17, 15) is 28.8 Å². The van der Waals surface area contributed by atoms with Crippen molar-refractivity contribution in [1.82, 2.24) is 16.0 Å². The molecule has 0 saturated heterocycles. The van der Waals surface area contributed by atoms with Crippen molar-refractivity contribution in [3.63, 3.8) is 0 Å². The monoisotopic (exact) mass is 1010 g/mol. The highest BCUT2D eigenvalue weighted by Gasteiger charge is 2.40. The highest BCUT2D eigenvalue weighted by atomic mass is 16.2. The Kier molecular flexibility index (Phi) is 46.1. The van der Waals surface area contributed by atoms with Gasteiger partial charge in [0, 0.05) is 37.0 Å². The molecule has 0 spiro atoms. The van der Waals surface area contributed by atoms with E-state index in [1.807, 2.05) is 0 Å². The maximum atomic E-state index is 13.5. The van der Waals surface area contributed by atoms with Crippen LogP contribution < -0.4 is 16.0 Å². The maximum Gasteiger partial charge on any atom is 0.229 e. The number of rotatable bonds is 48. The van der Waals surface area contributed by atoms with Crippen LogP contribution in [0.15, 0.2) is 36.5 Å². The van der Waals surface area contributed by atoms with Gasteiger partial charge in [0.05, 0.1) is 0 Å². The van der Waals surface area contributed by atoms with Gasteiger partial charge in [-0.2, -0.15) is 0 Å². The van der Waals surface area contributed by atoms with Crippen LogP contribution in [-0.4, -0.2) is 35.4 Å². The molecule has 72 heavy (non-hydrogen) atoms. The van der Waals surface area contributed by atoms with Gasteiger partial charge in [-0.25, -0.2) is 0 Å². The third-order valence-corrected chi connectivity index (χ3v) is 14.6. The molecule has 0 aromatic heterocycles. The molecule has 3 N–H and O–H groups in total. The zero-order chi connectivity index (χ0) is 52.4. The molecule has 1 fully saturated rings. The number of allylic oxidation sites excluding steroid dienone is 6. The molecule has 1 saturated carbocycles. The Morgan fingerprint density at radius 3 is 0.667 bits per heavy atom. The molecule has 1 aliphatic carbocycles. The van der Waals surface area contributed by atoms with Crippen LogP contribution in [0.1, 0.15) is 310 Å². The Morgan fingerprint density at radius 1 is 0.278 bits per heavy atom. The summed E-state index contributed by atoms with van der Waals surface area (Å²) in [6.45, 7) is 6.75. The molecule has 0 heterocycles. The normalized spacial score (nSPS) is 16.0. The van der Waals surface area contributed by atoms with Crippen molar-refractivity contribution in [3.05, 3.63) is 36.5 Å². The molecule has 0 bridgehead atoms. The molecule has 0 aromatic carbocycles. The minimum atomic E-state index is -0.774. The number of hydrogen-bond donors (Lipinski definition) is 3. The summed E-state index contributed by atoms with van der Waals surface area (Å²) >= 11 is 0. The molecule has 6 amide bonds. The highest BCUT2D eigenvalue weighted by Crippen LogP contribution is 2.34. The van der Waals surface area contributed by atoms with Crippen molar-refractivity contribution < 1.29 is 28.8 Å². The van der Waals surface area contributed by atoms with Gasteiger partial charge >= 0.3 is 0 Å². The lowest BCUT2D eigenvalue weighted by molar-refractivity contribution is -0.138. The quantitative estimate of drug-likeness (QED) is 0.0410. The lowest BCUT2D eigenvalue weighted by Crippen LogP contribution is -2.47. The summed E-state index contributed by atoms with van der Waals surface area (Å²) in [6, 6.07) is 0. The number of imide groups is 3. The molecule has 0 aromatic rings. The molecule has 0 aliphatic heterocycles. The van der Waals surface area contributed by atoms with E-state index in [1.165, 1.54) is 135 Å². The summed E-state index contributed by atoms with van der Waals surface area (Å²) in [6.07, 6.45) is 60.1. The average Bonchev–Trinajstić information content (AvgIpc) is 3.37. The molecule has 9 heteroatoms. The van der Waals surface area contributed by atoms with Crippen molar-refractivity contribution >= 4 is 35.4 Å². The van der Waals surface area contributed by atoms with Gasteiger partial charge in [0.1, 0.15) is 0 Å². The molecule has 9 nitrogen and oxygen atoms in total. The van der Waals surface area contributed by atoms with E-state index in [-0.39, 0.29) is 56.2 Å². The van der Waals surface area contributed by atoms with E-state index in [1.54, 1.807) is 0 Å². The van der Waals surface area contributed by atoms with E-state index in [4.69, 9.17) is 0 Å². The summed E-state index contributed by atoms with van der Waals surface area (Å²) in [5.74, 6) is -4.87. The number of carbonyl (C=O) groups is 6. The van der Waals surface area contributed by atoms with Crippen LogP contribution in [0.3, 0.4) is 0 Å². The van der Waals surface area contributed by atoms with Crippen molar-refractivity contribution in [2.75, 3.05) is 0 Å². The summed E-state index contributed by atoms with van der Waals surface area (Å²) in [5, 5.41) is 7.65. The first-order valence-corrected chi connectivity index (χ1v) is 30.7. The molecule has 1 aliphatic rings. The second kappa shape index (κ2) is 49.8. The average molecular weight is 1010 g/mol. The van der Waals surface area contributed by atoms with Gasteiger partial charge in [-0.15, -0.1) is 0 Å². The predicted molar refractivity (Wildman–Crippen MR) is 302 cm³/mol. The van der Waals surface area contributed by atoms with Crippen LogP contribution in [0.2, 0.25) is 0 Å². The molecule has 0 atom stereocenters. The van der Waals surface area contributed by atoms with Crippen molar-refractivity contribution in [2.24, 2.45) is 17.8 Å². The first-order chi connectivity index (χ1) is 35.2. The zero-order valence-corrected chi connectivity index (χ0v) is 47.0.